The molecule has 0 saturated carbocycles. The van der Waals surface area contributed by atoms with Crippen LogP contribution in [-0.2, 0) is 4.79 Å². The highest BCUT2D eigenvalue weighted by atomic mass is 16.4. The summed E-state index contributed by atoms with van der Waals surface area (Å²) in [5.41, 5.74) is 1.27. The summed E-state index contributed by atoms with van der Waals surface area (Å²) < 4.78 is 0. The number of nitrogens with one attached hydrogen (secondary N) is 1. The Morgan fingerprint density at radius 2 is 1.84 bits per heavy atom. The van der Waals surface area contributed by atoms with E-state index in [-0.39, 0.29) is 11.5 Å². The average molecular weight is 263 g/mol. The number of benzene rings is 1. The summed E-state index contributed by atoms with van der Waals surface area (Å²) in [6.07, 6.45) is 1.54. The van der Waals surface area contributed by atoms with Crippen molar-refractivity contribution < 1.29 is 9.90 Å². The van der Waals surface area contributed by atoms with Gasteiger partial charge in [-0.2, -0.15) is 0 Å². The lowest BCUT2D eigenvalue weighted by Crippen LogP contribution is -2.38. The Morgan fingerprint density at radius 1 is 1.26 bits per heavy atom. The molecule has 0 aliphatic carbocycles. The molecule has 3 nitrogen and oxygen atoms in total. The van der Waals surface area contributed by atoms with Crippen LogP contribution in [0.4, 0.5) is 0 Å². The minimum Gasteiger partial charge on any atom is -0.480 e. The number of aliphatic carboxylic acids is 1. The summed E-state index contributed by atoms with van der Waals surface area (Å²) in [6.45, 7) is 8.40. The van der Waals surface area contributed by atoms with E-state index in [1.165, 1.54) is 0 Å². The molecule has 1 aromatic carbocycles. The molecule has 19 heavy (non-hydrogen) atoms. The Kier molecular flexibility index (Phi) is 5.55. The van der Waals surface area contributed by atoms with Crippen LogP contribution in [0.2, 0.25) is 0 Å². The van der Waals surface area contributed by atoms with Gasteiger partial charge in [0.05, 0.1) is 0 Å². The van der Waals surface area contributed by atoms with Gasteiger partial charge in [0.25, 0.3) is 0 Å². The van der Waals surface area contributed by atoms with Gasteiger partial charge >= 0.3 is 5.97 Å². The average Bonchev–Trinajstić information content (AvgIpc) is 2.33. The summed E-state index contributed by atoms with van der Waals surface area (Å²) in [4.78, 5) is 11.3. The highest BCUT2D eigenvalue weighted by Crippen LogP contribution is 2.22. The van der Waals surface area contributed by atoms with Crippen LogP contribution in [0.25, 0.3) is 0 Å². The van der Waals surface area contributed by atoms with Gasteiger partial charge in [0, 0.05) is 6.04 Å². The molecule has 0 spiro atoms. The van der Waals surface area contributed by atoms with Crippen LogP contribution >= 0.6 is 0 Å². The van der Waals surface area contributed by atoms with Crippen molar-refractivity contribution in [3.8, 4) is 0 Å². The standard InChI is InChI=1S/C16H25NO2/c1-12(13-8-6-5-7-9-13)17-14(15(18)19)10-11-16(2,3)4/h5-9,12,14,17H,10-11H2,1-4H3,(H,18,19)/t12-,14-/m0/s1. The van der Waals surface area contributed by atoms with Gasteiger partial charge in [-0.15, -0.1) is 0 Å². The Labute approximate surface area is 116 Å². The Morgan fingerprint density at radius 3 is 2.32 bits per heavy atom. The van der Waals surface area contributed by atoms with E-state index in [2.05, 4.69) is 26.1 Å². The van der Waals surface area contributed by atoms with Crippen molar-refractivity contribution in [3.63, 3.8) is 0 Å². The molecule has 0 unspecified atom stereocenters. The van der Waals surface area contributed by atoms with Crippen LogP contribution in [0.15, 0.2) is 30.3 Å². The molecule has 1 rings (SSSR count). The van der Waals surface area contributed by atoms with Crippen molar-refractivity contribution in [2.45, 2.75) is 52.6 Å². The first-order valence-corrected chi connectivity index (χ1v) is 6.83. The van der Waals surface area contributed by atoms with E-state index >= 15 is 0 Å². The predicted molar refractivity (Wildman–Crippen MR) is 78.1 cm³/mol. The van der Waals surface area contributed by atoms with Crippen LogP contribution in [0, 0.1) is 5.41 Å². The van der Waals surface area contributed by atoms with E-state index < -0.39 is 12.0 Å². The first-order valence-electron chi connectivity index (χ1n) is 6.83. The van der Waals surface area contributed by atoms with E-state index in [0.717, 1.165) is 12.0 Å². The lowest BCUT2D eigenvalue weighted by atomic mass is 9.88. The summed E-state index contributed by atoms with van der Waals surface area (Å²) in [5.74, 6) is -0.771. The third kappa shape index (κ3) is 5.88. The molecule has 106 valence electrons. The number of hydrogen-bond acceptors (Lipinski definition) is 2. The molecule has 0 amide bonds. The molecular weight excluding hydrogens is 238 g/mol. The third-order valence-corrected chi connectivity index (χ3v) is 3.23. The van der Waals surface area contributed by atoms with E-state index in [1.54, 1.807) is 0 Å². The van der Waals surface area contributed by atoms with Crippen LogP contribution in [0.1, 0.15) is 52.1 Å². The second kappa shape index (κ2) is 6.71. The van der Waals surface area contributed by atoms with Gasteiger partial charge in [0.2, 0.25) is 0 Å². The molecule has 2 N–H and O–H groups in total. The maximum atomic E-state index is 11.3. The highest BCUT2D eigenvalue weighted by molar-refractivity contribution is 5.73. The van der Waals surface area contributed by atoms with Gasteiger partial charge in [0.1, 0.15) is 6.04 Å². The zero-order valence-electron chi connectivity index (χ0n) is 12.3. The fraction of sp³-hybridized carbons (Fsp3) is 0.562. The molecule has 3 heteroatoms. The van der Waals surface area contributed by atoms with Gasteiger partial charge < -0.3 is 5.11 Å². The maximum absolute atomic E-state index is 11.3. The van der Waals surface area contributed by atoms with Gasteiger partial charge in [-0.25, -0.2) is 0 Å². The topological polar surface area (TPSA) is 49.3 Å². The molecule has 0 saturated heterocycles. The second-order valence-corrected chi connectivity index (χ2v) is 6.29. The SMILES string of the molecule is C[C@H](N[C@@H](CCC(C)(C)C)C(=O)O)c1ccccc1. The number of carboxylic acids is 1. The summed E-state index contributed by atoms with van der Waals surface area (Å²) in [5, 5.41) is 12.5. The molecule has 0 aliphatic heterocycles. The summed E-state index contributed by atoms with van der Waals surface area (Å²) in [6, 6.07) is 9.49. The van der Waals surface area contributed by atoms with Crippen molar-refractivity contribution in [2.24, 2.45) is 5.41 Å². The molecule has 0 aliphatic rings. The number of rotatable bonds is 6. The van der Waals surface area contributed by atoms with Gasteiger partial charge in [-0.3, -0.25) is 10.1 Å². The van der Waals surface area contributed by atoms with Crippen molar-refractivity contribution in [1.82, 2.24) is 5.32 Å². The smallest absolute Gasteiger partial charge is 0.320 e. The van der Waals surface area contributed by atoms with Crippen LogP contribution in [0.5, 0.6) is 0 Å². The fourth-order valence-corrected chi connectivity index (χ4v) is 2.00. The zero-order valence-corrected chi connectivity index (χ0v) is 12.3. The molecule has 0 heterocycles. The van der Waals surface area contributed by atoms with Crippen molar-refractivity contribution in [3.05, 3.63) is 35.9 Å². The van der Waals surface area contributed by atoms with E-state index in [4.69, 9.17) is 0 Å². The molecule has 0 radical (unpaired) electrons. The van der Waals surface area contributed by atoms with Crippen molar-refractivity contribution >= 4 is 5.97 Å². The minimum absolute atomic E-state index is 0.0438. The normalized spacial score (nSPS) is 14.9. The maximum Gasteiger partial charge on any atom is 0.320 e. The van der Waals surface area contributed by atoms with Gasteiger partial charge in [0.15, 0.2) is 0 Å². The Bertz CT molecular complexity index is 395. The van der Waals surface area contributed by atoms with Crippen LogP contribution < -0.4 is 5.32 Å². The first-order chi connectivity index (χ1) is 8.79. The van der Waals surface area contributed by atoms with Gasteiger partial charge in [-0.1, -0.05) is 51.1 Å². The molecule has 0 fully saturated rings. The molecule has 2 atom stereocenters. The Balaban J connectivity index is 2.61. The molecular formula is C16H25NO2. The largest absolute Gasteiger partial charge is 0.480 e. The van der Waals surface area contributed by atoms with E-state index in [9.17, 15) is 9.90 Å². The summed E-state index contributed by atoms with van der Waals surface area (Å²) in [7, 11) is 0. The summed E-state index contributed by atoms with van der Waals surface area (Å²) >= 11 is 0. The second-order valence-electron chi connectivity index (χ2n) is 6.29. The Hall–Kier alpha value is -1.35. The van der Waals surface area contributed by atoms with Crippen molar-refractivity contribution in [1.29, 1.82) is 0 Å². The number of carbonyl (C=O) groups is 1. The number of hydrogen-bond donors (Lipinski definition) is 2. The minimum atomic E-state index is -0.771. The lowest BCUT2D eigenvalue weighted by molar-refractivity contribution is -0.140. The van der Waals surface area contributed by atoms with E-state index in [1.807, 2.05) is 37.3 Å². The zero-order chi connectivity index (χ0) is 14.5. The molecule has 0 bridgehead atoms. The molecule has 1 aromatic rings. The highest BCUT2D eigenvalue weighted by Gasteiger charge is 2.22. The quantitative estimate of drug-likeness (QED) is 0.824. The van der Waals surface area contributed by atoms with E-state index in [0.29, 0.717) is 6.42 Å². The lowest BCUT2D eigenvalue weighted by Gasteiger charge is -2.24. The third-order valence-electron chi connectivity index (χ3n) is 3.23. The van der Waals surface area contributed by atoms with Crippen molar-refractivity contribution in [2.75, 3.05) is 0 Å². The number of carboxylic acid groups (broad SMARTS) is 1. The monoisotopic (exact) mass is 263 g/mol. The fourth-order valence-electron chi connectivity index (χ4n) is 2.00. The molecule has 0 aromatic heterocycles. The van der Waals surface area contributed by atoms with Gasteiger partial charge in [-0.05, 0) is 30.7 Å². The van der Waals surface area contributed by atoms with Crippen LogP contribution in [-0.4, -0.2) is 17.1 Å². The first kappa shape index (κ1) is 15.7. The predicted octanol–water partition coefficient (Wildman–Crippen LogP) is 3.62. The van der Waals surface area contributed by atoms with Crippen LogP contribution in [0.3, 0.4) is 0 Å².